The molecule has 1 fully saturated rings. The Labute approximate surface area is 112 Å². The molecule has 2 nitrogen and oxygen atoms in total. The quantitative estimate of drug-likeness (QED) is 0.787. The van der Waals surface area contributed by atoms with Crippen LogP contribution in [0.1, 0.15) is 5.56 Å². The van der Waals surface area contributed by atoms with E-state index in [0.29, 0.717) is 0 Å². The van der Waals surface area contributed by atoms with Gasteiger partial charge in [-0.1, -0.05) is 24.0 Å². The molecule has 0 unspecified atom stereocenters. The second-order valence-electron chi connectivity index (χ2n) is 4.47. The molecule has 1 aromatic carbocycles. The highest BCUT2D eigenvalue weighted by Gasteiger charge is 2.06. The summed E-state index contributed by atoms with van der Waals surface area (Å²) in [4.78, 5) is 2.40. The SMILES string of the molecule is C(#Cc1cccc2ccsc12)CN1CCNCC1. The first-order chi connectivity index (χ1) is 8.93. The topological polar surface area (TPSA) is 15.3 Å². The van der Waals surface area contributed by atoms with Crippen molar-refractivity contribution in [3.8, 4) is 11.8 Å². The molecule has 3 rings (SSSR count). The maximum atomic E-state index is 3.36. The summed E-state index contributed by atoms with van der Waals surface area (Å²) in [5, 5.41) is 6.79. The zero-order chi connectivity index (χ0) is 12.2. The highest BCUT2D eigenvalue weighted by atomic mass is 32.1. The Balaban J connectivity index is 1.74. The van der Waals surface area contributed by atoms with Gasteiger partial charge in [0.2, 0.25) is 0 Å². The van der Waals surface area contributed by atoms with Crippen molar-refractivity contribution in [1.82, 2.24) is 10.2 Å². The van der Waals surface area contributed by atoms with Gasteiger partial charge in [-0.2, -0.15) is 0 Å². The van der Waals surface area contributed by atoms with Crippen molar-refractivity contribution < 1.29 is 0 Å². The van der Waals surface area contributed by atoms with Gasteiger partial charge < -0.3 is 5.32 Å². The first-order valence-corrected chi connectivity index (χ1v) is 7.19. The van der Waals surface area contributed by atoms with Crippen LogP contribution in [0.3, 0.4) is 0 Å². The van der Waals surface area contributed by atoms with E-state index in [4.69, 9.17) is 0 Å². The average molecular weight is 256 g/mol. The number of hydrogen-bond donors (Lipinski definition) is 1. The van der Waals surface area contributed by atoms with Crippen molar-refractivity contribution in [3.05, 3.63) is 35.2 Å². The molecule has 2 aromatic rings. The molecule has 3 heteroatoms. The summed E-state index contributed by atoms with van der Waals surface area (Å²) in [5.41, 5.74) is 1.16. The Morgan fingerprint density at radius 2 is 2.11 bits per heavy atom. The van der Waals surface area contributed by atoms with Gasteiger partial charge >= 0.3 is 0 Å². The van der Waals surface area contributed by atoms with E-state index in [0.717, 1.165) is 38.3 Å². The van der Waals surface area contributed by atoms with Gasteiger partial charge in [0.1, 0.15) is 0 Å². The summed E-state index contributed by atoms with van der Waals surface area (Å²) in [6.45, 7) is 5.27. The molecule has 0 amide bonds. The lowest BCUT2D eigenvalue weighted by Gasteiger charge is -2.24. The molecule has 18 heavy (non-hydrogen) atoms. The number of nitrogens with one attached hydrogen (secondary N) is 1. The highest BCUT2D eigenvalue weighted by Crippen LogP contribution is 2.23. The summed E-state index contributed by atoms with van der Waals surface area (Å²) in [7, 11) is 0. The van der Waals surface area contributed by atoms with Crippen LogP contribution in [0.2, 0.25) is 0 Å². The molecule has 92 valence electrons. The van der Waals surface area contributed by atoms with Crippen LogP contribution in [0.4, 0.5) is 0 Å². The summed E-state index contributed by atoms with van der Waals surface area (Å²) < 4.78 is 1.31. The Hall–Kier alpha value is -1.34. The molecule has 2 heterocycles. The molecular formula is C15H16N2S. The smallest absolute Gasteiger partial charge is 0.0606 e. The molecule has 1 saturated heterocycles. The zero-order valence-electron chi connectivity index (χ0n) is 10.3. The Morgan fingerprint density at radius 1 is 1.22 bits per heavy atom. The maximum Gasteiger partial charge on any atom is 0.0606 e. The van der Waals surface area contributed by atoms with Gasteiger partial charge in [0, 0.05) is 36.4 Å². The first-order valence-electron chi connectivity index (χ1n) is 6.32. The number of piperazine rings is 1. The van der Waals surface area contributed by atoms with Crippen molar-refractivity contribution in [2.75, 3.05) is 32.7 Å². The van der Waals surface area contributed by atoms with E-state index in [-0.39, 0.29) is 0 Å². The molecule has 0 spiro atoms. The van der Waals surface area contributed by atoms with Crippen LogP contribution in [-0.4, -0.2) is 37.6 Å². The molecule has 0 saturated carbocycles. The van der Waals surface area contributed by atoms with E-state index in [2.05, 4.69) is 51.7 Å². The Morgan fingerprint density at radius 3 is 3.00 bits per heavy atom. The van der Waals surface area contributed by atoms with Gasteiger partial charge in [-0.15, -0.1) is 11.3 Å². The van der Waals surface area contributed by atoms with Crippen molar-refractivity contribution >= 4 is 21.4 Å². The highest BCUT2D eigenvalue weighted by molar-refractivity contribution is 7.17. The van der Waals surface area contributed by atoms with Gasteiger partial charge in [-0.05, 0) is 22.9 Å². The van der Waals surface area contributed by atoms with E-state index in [1.165, 1.54) is 10.1 Å². The second-order valence-corrected chi connectivity index (χ2v) is 5.39. The molecule has 0 radical (unpaired) electrons. The molecule has 0 aliphatic carbocycles. The van der Waals surface area contributed by atoms with Crippen LogP contribution in [0.5, 0.6) is 0 Å². The third kappa shape index (κ3) is 2.56. The summed E-state index contributed by atoms with van der Waals surface area (Å²) in [5.74, 6) is 6.63. The standard InChI is InChI=1S/C15H16N2S/c1-3-13(15-14(4-1)6-12-18-15)5-2-9-17-10-7-16-8-11-17/h1,3-4,6,12,16H,7-11H2. The van der Waals surface area contributed by atoms with Crippen molar-refractivity contribution in [2.24, 2.45) is 0 Å². The average Bonchev–Trinajstić information content (AvgIpc) is 2.89. The van der Waals surface area contributed by atoms with Crippen LogP contribution in [0.25, 0.3) is 10.1 Å². The molecule has 1 aliphatic heterocycles. The number of hydrogen-bond acceptors (Lipinski definition) is 3. The predicted molar refractivity (Wildman–Crippen MR) is 78.0 cm³/mol. The monoisotopic (exact) mass is 256 g/mol. The van der Waals surface area contributed by atoms with Crippen molar-refractivity contribution in [3.63, 3.8) is 0 Å². The lowest BCUT2D eigenvalue weighted by atomic mass is 10.2. The molecule has 1 N–H and O–H groups in total. The number of nitrogens with zero attached hydrogens (tertiary/aromatic N) is 1. The third-order valence-corrected chi connectivity index (χ3v) is 4.18. The van der Waals surface area contributed by atoms with Crippen LogP contribution < -0.4 is 5.32 Å². The van der Waals surface area contributed by atoms with Gasteiger partial charge in [0.25, 0.3) is 0 Å². The van der Waals surface area contributed by atoms with E-state index in [1.54, 1.807) is 11.3 Å². The lowest BCUT2D eigenvalue weighted by Crippen LogP contribution is -2.43. The number of thiophene rings is 1. The fraction of sp³-hybridized carbons (Fsp3) is 0.333. The fourth-order valence-electron chi connectivity index (χ4n) is 2.21. The fourth-order valence-corrected chi connectivity index (χ4v) is 3.08. The van der Waals surface area contributed by atoms with Crippen molar-refractivity contribution in [1.29, 1.82) is 0 Å². The normalized spacial score (nSPS) is 16.4. The van der Waals surface area contributed by atoms with Gasteiger partial charge in [-0.25, -0.2) is 0 Å². The minimum Gasteiger partial charge on any atom is -0.314 e. The molecule has 0 bridgehead atoms. The van der Waals surface area contributed by atoms with Crippen LogP contribution >= 0.6 is 11.3 Å². The molecular weight excluding hydrogens is 240 g/mol. The minimum atomic E-state index is 0.878. The summed E-state index contributed by atoms with van der Waals surface area (Å²) in [6, 6.07) is 8.50. The van der Waals surface area contributed by atoms with Gasteiger partial charge in [0.05, 0.1) is 6.54 Å². The number of benzene rings is 1. The minimum absolute atomic E-state index is 0.878. The Kier molecular flexibility index (Phi) is 3.61. The second kappa shape index (κ2) is 5.53. The van der Waals surface area contributed by atoms with Gasteiger partial charge in [-0.3, -0.25) is 4.90 Å². The summed E-state index contributed by atoms with van der Waals surface area (Å²) >= 11 is 1.77. The van der Waals surface area contributed by atoms with Crippen LogP contribution in [0.15, 0.2) is 29.6 Å². The summed E-state index contributed by atoms with van der Waals surface area (Å²) in [6.07, 6.45) is 0. The van der Waals surface area contributed by atoms with Crippen molar-refractivity contribution in [2.45, 2.75) is 0 Å². The van der Waals surface area contributed by atoms with E-state index < -0.39 is 0 Å². The predicted octanol–water partition coefficient (Wildman–Crippen LogP) is 2.16. The number of fused-ring (bicyclic) bond motifs is 1. The largest absolute Gasteiger partial charge is 0.314 e. The van der Waals surface area contributed by atoms with Crippen LogP contribution in [-0.2, 0) is 0 Å². The van der Waals surface area contributed by atoms with E-state index >= 15 is 0 Å². The van der Waals surface area contributed by atoms with Gasteiger partial charge in [0.15, 0.2) is 0 Å². The first kappa shape index (κ1) is 11.7. The number of rotatable bonds is 1. The molecule has 0 atom stereocenters. The third-order valence-electron chi connectivity index (χ3n) is 3.21. The van der Waals surface area contributed by atoms with Crippen LogP contribution in [0, 0.1) is 11.8 Å². The zero-order valence-corrected chi connectivity index (χ0v) is 11.1. The lowest BCUT2D eigenvalue weighted by molar-refractivity contribution is 0.268. The molecule has 1 aliphatic rings. The van der Waals surface area contributed by atoms with E-state index in [1.807, 2.05) is 0 Å². The molecule has 1 aromatic heterocycles. The maximum absolute atomic E-state index is 3.36. The van der Waals surface area contributed by atoms with E-state index in [9.17, 15) is 0 Å². The Bertz CT molecular complexity index is 585.